The van der Waals surface area contributed by atoms with Crippen LogP contribution in [0.25, 0.3) is 5.65 Å². The van der Waals surface area contributed by atoms with Crippen LogP contribution in [0.15, 0.2) is 36.9 Å². The number of carbonyl (C=O) groups is 2. The molecule has 2 amide bonds. The van der Waals surface area contributed by atoms with Crippen LogP contribution in [-0.2, 0) is 4.74 Å². The van der Waals surface area contributed by atoms with E-state index in [0.29, 0.717) is 37.5 Å². The van der Waals surface area contributed by atoms with Crippen molar-refractivity contribution >= 4 is 29.2 Å². The van der Waals surface area contributed by atoms with Gasteiger partial charge in [0.05, 0.1) is 23.8 Å². The van der Waals surface area contributed by atoms with Gasteiger partial charge in [0.1, 0.15) is 17.1 Å². The Bertz CT molecular complexity index is 1130. The van der Waals surface area contributed by atoms with E-state index in [2.05, 4.69) is 25.2 Å². The molecule has 0 aromatic carbocycles. The zero-order chi connectivity index (χ0) is 22.9. The number of nitrogens with one attached hydrogen (secondary N) is 1. The third-order valence-corrected chi connectivity index (χ3v) is 4.96. The second-order valence-electron chi connectivity index (χ2n) is 8.73. The van der Waals surface area contributed by atoms with E-state index in [1.54, 1.807) is 34.0 Å². The van der Waals surface area contributed by atoms with Crippen molar-refractivity contribution in [2.45, 2.75) is 33.3 Å². The number of imidazole rings is 1. The maximum Gasteiger partial charge on any atom is 0.410 e. The van der Waals surface area contributed by atoms with Crippen LogP contribution in [0.5, 0.6) is 0 Å². The average molecular weight is 438 g/mol. The van der Waals surface area contributed by atoms with Gasteiger partial charge in [-0.25, -0.2) is 19.7 Å². The van der Waals surface area contributed by atoms with Gasteiger partial charge < -0.3 is 24.3 Å². The van der Waals surface area contributed by atoms with Crippen LogP contribution in [0.1, 0.15) is 37.0 Å². The molecule has 10 heteroatoms. The van der Waals surface area contributed by atoms with Gasteiger partial charge in [-0.1, -0.05) is 0 Å². The number of hydrogen-bond acceptors (Lipinski definition) is 7. The molecule has 1 aliphatic rings. The molecule has 0 radical (unpaired) electrons. The summed E-state index contributed by atoms with van der Waals surface area (Å²) in [5.41, 5.74) is 1.91. The quantitative estimate of drug-likeness (QED) is 0.672. The minimum absolute atomic E-state index is 0.289. The van der Waals surface area contributed by atoms with Gasteiger partial charge in [-0.3, -0.25) is 4.79 Å². The highest BCUT2D eigenvalue weighted by atomic mass is 16.6. The molecule has 0 spiro atoms. The Labute approximate surface area is 186 Å². The number of piperazine rings is 1. The zero-order valence-corrected chi connectivity index (χ0v) is 18.7. The second kappa shape index (κ2) is 8.45. The monoisotopic (exact) mass is 437 g/mol. The molecule has 168 valence electrons. The summed E-state index contributed by atoms with van der Waals surface area (Å²) in [6, 6.07) is 3.66. The molecular weight excluding hydrogens is 410 g/mol. The number of amides is 2. The third kappa shape index (κ3) is 4.96. The lowest BCUT2D eigenvalue weighted by molar-refractivity contribution is 0.0240. The highest BCUT2D eigenvalue weighted by Gasteiger charge is 2.26. The van der Waals surface area contributed by atoms with Crippen LogP contribution < -0.4 is 10.2 Å². The van der Waals surface area contributed by atoms with Crippen molar-refractivity contribution < 1.29 is 14.3 Å². The molecule has 32 heavy (non-hydrogen) atoms. The van der Waals surface area contributed by atoms with Gasteiger partial charge >= 0.3 is 6.09 Å². The molecule has 10 nitrogen and oxygen atoms in total. The van der Waals surface area contributed by atoms with E-state index in [4.69, 9.17) is 4.74 Å². The van der Waals surface area contributed by atoms with Crippen LogP contribution in [0.3, 0.4) is 0 Å². The molecular formula is C22H27N7O3. The molecule has 1 N–H and O–H groups in total. The fourth-order valence-corrected chi connectivity index (χ4v) is 3.43. The summed E-state index contributed by atoms with van der Waals surface area (Å²) < 4.78 is 7.21. The number of pyridine rings is 1. The molecule has 4 rings (SSSR count). The largest absolute Gasteiger partial charge is 0.444 e. The van der Waals surface area contributed by atoms with E-state index in [0.717, 1.165) is 11.5 Å². The molecule has 1 aliphatic heterocycles. The van der Waals surface area contributed by atoms with Crippen molar-refractivity contribution in [2.24, 2.45) is 0 Å². The maximum atomic E-state index is 12.6. The van der Waals surface area contributed by atoms with Gasteiger partial charge in [-0.05, 0) is 39.8 Å². The predicted molar refractivity (Wildman–Crippen MR) is 120 cm³/mol. The van der Waals surface area contributed by atoms with Crippen molar-refractivity contribution in [3.8, 4) is 0 Å². The van der Waals surface area contributed by atoms with Crippen LogP contribution in [0, 0.1) is 6.92 Å². The Balaban J connectivity index is 1.34. The summed E-state index contributed by atoms with van der Waals surface area (Å²) in [4.78, 5) is 41.5. The van der Waals surface area contributed by atoms with E-state index >= 15 is 0 Å². The van der Waals surface area contributed by atoms with Crippen LogP contribution in [0.2, 0.25) is 0 Å². The average Bonchev–Trinajstić information content (AvgIpc) is 3.12. The first-order chi connectivity index (χ1) is 15.2. The lowest BCUT2D eigenvalue weighted by Crippen LogP contribution is -2.50. The number of carbonyl (C=O) groups excluding carboxylic acids is 2. The van der Waals surface area contributed by atoms with Crippen molar-refractivity contribution in [3.63, 3.8) is 0 Å². The number of rotatable bonds is 3. The van der Waals surface area contributed by atoms with Gasteiger partial charge in [0.15, 0.2) is 5.65 Å². The van der Waals surface area contributed by atoms with Gasteiger partial charge in [-0.15, -0.1) is 0 Å². The summed E-state index contributed by atoms with van der Waals surface area (Å²) >= 11 is 0. The van der Waals surface area contributed by atoms with Gasteiger partial charge in [0.25, 0.3) is 5.91 Å². The lowest BCUT2D eigenvalue weighted by Gasteiger charge is -2.36. The van der Waals surface area contributed by atoms with E-state index in [9.17, 15) is 9.59 Å². The highest BCUT2D eigenvalue weighted by molar-refractivity contribution is 6.02. The molecule has 0 atom stereocenters. The van der Waals surface area contributed by atoms with Crippen LogP contribution >= 0.6 is 0 Å². The van der Waals surface area contributed by atoms with Crippen molar-refractivity contribution in [3.05, 3.63) is 48.3 Å². The Morgan fingerprint density at radius 3 is 2.44 bits per heavy atom. The summed E-state index contributed by atoms with van der Waals surface area (Å²) in [6.45, 7) is 9.92. The molecule has 0 saturated carbocycles. The van der Waals surface area contributed by atoms with E-state index in [1.807, 2.05) is 40.0 Å². The normalized spacial score (nSPS) is 14.5. The Morgan fingerprint density at radius 1 is 1.03 bits per heavy atom. The zero-order valence-electron chi connectivity index (χ0n) is 18.7. The molecule has 3 aromatic heterocycles. The number of anilines is 2. The first-order valence-corrected chi connectivity index (χ1v) is 10.5. The molecule has 0 bridgehead atoms. The fraction of sp³-hybridized carbons (Fsp3) is 0.409. The number of aromatic nitrogens is 4. The number of hydrogen-bond donors (Lipinski definition) is 1. The molecule has 1 saturated heterocycles. The Morgan fingerprint density at radius 2 is 1.78 bits per heavy atom. The highest BCUT2D eigenvalue weighted by Crippen LogP contribution is 2.18. The maximum absolute atomic E-state index is 12.6. The minimum atomic E-state index is -0.505. The van der Waals surface area contributed by atoms with E-state index in [1.165, 1.54) is 0 Å². The second-order valence-corrected chi connectivity index (χ2v) is 8.73. The third-order valence-electron chi connectivity index (χ3n) is 4.96. The van der Waals surface area contributed by atoms with Crippen LogP contribution in [0.4, 0.5) is 16.3 Å². The predicted octanol–water partition coefficient (Wildman–Crippen LogP) is 2.74. The molecule has 0 unspecified atom stereocenters. The molecule has 1 fully saturated rings. The topological polar surface area (TPSA) is 105 Å². The first kappa shape index (κ1) is 21.5. The molecule has 0 aliphatic carbocycles. The van der Waals surface area contributed by atoms with Gasteiger partial charge in [0.2, 0.25) is 0 Å². The Kier molecular flexibility index (Phi) is 5.68. The number of fused-ring (bicyclic) bond motifs is 1. The number of ether oxygens (including phenoxy) is 1. The van der Waals surface area contributed by atoms with Crippen molar-refractivity contribution in [1.82, 2.24) is 24.3 Å². The van der Waals surface area contributed by atoms with E-state index < -0.39 is 5.60 Å². The fourth-order valence-electron chi connectivity index (χ4n) is 3.43. The standard InChI is InChI=1S/C22H27N7O3/c1-15-13-29-14-17(23-12-19(29)25-15)20(30)26-16-5-6-18(24-11-16)27-7-9-28(10-8-27)21(31)32-22(2,3)4/h5-6,11-14H,7-10H2,1-4H3,(H,26,30). The van der Waals surface area contributed by atoms with Gasteiger partial charge in [-0.2, -0.15) is 0 Å². The Hall–Kier alpha value is -3.69. The van der Waals surface area contributed by atoms with Gasteiger partial charge in [0, 0.05) is 38.6 Å². The number of aryl methyl sites for hydroxylation is 1. The first-order valence-electron chi connectivity index (χ1n) is 10.5. The van der Waals surface area contributed by atoms with Crippen molar-refractivity contribution in [1.29, 1.82) is 0 Å². The van der Waals surface area contributed by atoms with Crippen LogP contribution in [-0.4, -0.2) is 68.0 Å². The summed E-state index contributed by atoms with van der Waals surface area (Å²) in [5.74, 6) is 0.471. The number of nitrogens with zero attached hydrogens (tertiary/aromatic N) is 6. The summed E-state index contributed by atoms with van der Waals surface area (Å²) in [6.07, 6.45) is 6.39. The summed E-state index contributed by atoms with van der Waals surface area (Å²) in [5, 5.41) is 2.82. The molecule has 4 heterocycles. The van der Waals surface area contributed by atoms with E-state index in [-0.39, 0.29) is 17.7 Å². The summed E-state index contributed by atoms with van der Waals surface area (Å²) in [7, 11) is 0. The minimum Gasteiger partial charge on any atom is -0.444 e. The van der Waals surface area contributed by atoms with Crippen molar-refractivity contribution in [2.75, 3.05) is 36.4 Å². The smallest absolute Gasteiger partial charge is 0.410 e. The molecule has 3 aromatic rings. The lowest BCUT2D eigenvalue weighted by atomic mass is 10.2. The SMILES string of the molecule is Cc1cn2cc(C(=O)Nc3ccc(N4CCN(C(=O)OC(C)(C)C)CC4)nc3)ncc2n1.